The number of para-hydroxylation sites is 1. The summed E-state index contributed by atoms with van der Waals surface area (Å²) in [4.78, 5) is 24.7. The molecule has 106 valence electrons. The molecule has 0 amide bonds. The van der Waals surface area contributed by atoms with Gasteiger partial charge in [0.05, 0.1) is 0 Å². The number of likely N-dealkylation sites (N-methyl/N-ethyl adjacent to an activating group) is 1. The maximum Gasteiger partial charge on any atom is 0.303 e. The fourth-order valence-corrected chi connectivity index (χ4v) is 2.63. The molecule has 0 unspecified atom stereocenters. The van der Waals surface area contributed by atoms with Crippen LogP contribution in [0.2, 0.25) is 0 Å². The molecule has 20 heavy (non-hydrogen) atoms. The molecule has 0 radical (unpaired) electrons. The van der Waals surface area contributed by atoms with E-state index in [2.05, 4.69) is 19.9 Å². The monoisotopic (exact) mass is 273 g/mol. The van der Waals surface area contributed by atoms with Gasteiger partial charge >= 0.3 is 5.97 Å². The Morgan fingerprint density at radius 3 is 2.55 bits per heavy atom. The molecule has 1 aliphatic heterocycles. The fraction of sp³-hybridized carbons (Fsp3) is 0.375. The van der Waals surface area contributed by atoms with E-state index in [4.69, 9.17) is 4.74 Å². The average molecular weight is 273 g/mol. The van der Waals surface area contributed by atoms with E-state index in [1.165, 1.54) is 12.5 Å². The predicted octanol–water partition coefficient (Wildman–Crippen LogP) is 2.43. The summed E-state index contributed by atoms with van der Waals surface area (Å²) in [5, 5.41) is 0. The molecule has 1 aromatic rings. The van der Waals surface area contributed by atoms with Gasteiger partial charge in [-0.3, -0.25) is 9.59 Å². The van der Waals surface area contributed by atoms with Gasteiger partial charge in [0, 0.05) is 36.8 Å². The summed E-state index contributed by atoms with van der Waals surface area (Å²) < 4.78 is 4.74. The van der Waals surface area contributed by atoms with Gasteiger partial charge in [-0.1, -0.05) is 32.0 Å². The molecule has 1 aliphatic rings. The molecule has 0 bridgehead atoms. The number of allylic oxidation sites excluding steroid dienone is 1. The lowest BCUT2D eigenvalue weighted by Gasteiger charge is -2.23. The van der Waals surface area contributed by atoms with Gasteiger partial charge in [-0.15, -0.1) is 0 Å². The Morgan fingerprint density at radius 1 is 1.30 bits per heavy atom. The number of hydrogen-bond acceptors (Lipinski definition) is 4. The molecule has 0 aliphatic carbocycles. The van der Waals surface area contributed by atoms with E-state index >= 15 is 0 Å². The Balaban J connectivity index is 2.30. The second kappa shape index (κ2) is 5.12. The molecular formula is C16H19NO3. The number of nitrogens with zero attached hydrogens (tertiary/aromatic N) is 1. The van der Waals surface area contributed by atoms with E-state index in [0.717, 1.165) is 11.4 Å². The number of esters is 1. The third-order valence-electron chi connectivity index (χ3n) is 3.66. The second-order valence-electron chi connectivity index (χ2n) is 5.48. The highest BCUT2D eigenvalue weighted by Gasteiger charge is 2.38. The maximum absolute atomic E-state index is 11.9. The molecule has 0 spiro atoms. The number of fused-ring (bicyclic) bond motifs is 1. The molecule has 0 atom stereocenters. The highest BCUT2D eigenvalue weighted by molar-refractivity contribution is 5.94. The molecular weight excluding hydrogens is 254 g/mol. The number of anilines is 1. The van der Waals surface area contributed by atoms with Crippen LogP contribution in [-0.4, -0.2) is 25.4 Å². The number of rotatable bonds is 3. The third-order valence-corrected chi connectivity index (χ3v) is 3.66. The normalized spacial score (nSPS) is 18.0. The number of ketones is 1. The van der Waals surface area contributed by atoms with Crippen LogP contribution < -0.4 is 4.90 Å². The van der Waals surface area contributed by atoms with Gasteiger partial charge in [-0.25, -0.2) is 0 Å². The lowest BCUT2D eigenvalue weighted by molar-refractivity contribution is -0.144. The SMILES string of the molecule is CC(=O)OCC(=O)/C=C1\N(C)c2ccccc2C1(C)C. The van der Waals surface area contributed by atoms with Gasteiger partial charge in [-0.2, -0.15) is 0 Å². The average Bonchev–Trinajstić information content (AvgIpc) is 2.58. The summed E-state index contributed by atoms with van der Waals surface area (Å²) in [5.74, 6) is -0.651. The van der Waals surface area contributed by atoms with E-state index in [9.17, 15) is 9.59 Å². The zero-order chi connectivity index (χ0) is 14.9. The van der Waals surface area contributed by atoms with Crippen molar-refractivity contribution < 1.29 is 14.3 Å². The molecule has 4 nitrogen and oxygen atoms in total. The Hall–Kier alpha value is -2.10. The van der Waals surface area contributed by atoms with Crippen LogP contribution >= 0.6 is 0 Å². The van der Waals surface area contributed by atoms with Crippen molar-refractivity contribution in [1.82, 2.24) is 0 Å². The van der Waals surface area contributed by atoms with Crippen molar-refractivity contribution in [2.24, 2.45) is 0 Å². The zero-order valence-corrected chi connectivity index (χ0v) is 12.3. The molecule has 0 aromatic heterocycles. The van der Waals surface area contributed by atoms with Gasteiger partial charge in [0.25, 0.3) is 0 Å². The van der Waals surface area contributed by atoms with Crippen LogP contribution in [0.5, 0.6) is 0 Å². The minimum Gasteiger partial charge on any atom is -0.457 e. The molecule has 0 saturated heterocycles. The third kappa shape index (κ3) is 2.46. The van der Waals surface area contributed by atoms with E-state index in [1.54, 1.807) is 6.08 Å². The van der Waals surface area contributed by atoms with Crippen LogP contribution in [-0.2, 0) is 19.7 Å². The first-order chi connectivity index (χ1) is 9.34. The Labute approximate surface area is 119 Å². The molecule has 0 N–H and O–H groups in total. The standard InChI is InChI=1S/C16H19NO3/c1-11(18)20-10-12(19)9-15-16(2,3)13-7-5-6-8-14(13)17(15)4/h5-9H,10H2,1-4H3/b15-9-. The van der Waals surface area contributed by atoms with Crippen LogP contribution in [0.1, 0.15) is 26.3 Å². The smallest absolute Gasteiger partial charge is 0.303 e. The molecule has 2 rings (SSSR count). The van der Waals surface area contributed by atoms with Gasteiger partial charge < -0.3 is 9.64 Å². The zero-order valence-electron chi connectivity index (χ0n) is 12.3. The summed E-state index contributed by atoms with van der Waals surface area (Å²) in [6.45, 7) is 5.25. The van der Waals surface area contributed by atoms with Crippen molar-refractivity contribution in [1.29, 1.82) is 0 Å². The van der Waals surface area contributed by atoms with E-state index in [0.29, 0.717) is 0 Å². The number of carbonyl (C=O) groups is 2. The molecule has 1 heterocycles. The minimum absolute atomic E-state index is 0.206. The number of benzene rings is 1. The van der Waals surface area contributed by atoms with Crippen LogP contribution in [0.25, 0.3) is 0 Å². The number of carbonyl (C=O) groups excluding carboxylic acids is 2. The van der Waals surface area contributed by atoms with Crippen molar-refractivity contribution >= 4 is 17.4 Å². The summed E-state index contributed by atoms with van der Waals surface area (Å²) in [5.41, 5.74) is 2.96. The highest BCUT2D eigenvalue weighted by atomic mass is 16.5. The largest absolute Gasteiger partial charge is 0.457 e. The van der Waals surface area contributed by atoms with Crippen molar-refractivity contribution in [3.8, 4) is 0 Å². The molecule has 4 heteroatoms. The summed E-state index contributed by atoms with van der Waals surface area (Å²) >= 11 is 0. The predicted molar refractivity (Wildman–Crippen MR) is 77.6 cm³/mol. The first kappa shape index (κ1) is 14.3. The van der Waals surface area contributed by atoms with Gasteiger partial charge in [0.1, 0.15) is 0 Å². The Bertz CT molecular complexity index is 587. The lowest BCUT2D eigenvalue weighted by Crippen LogP contribution is -2.25. The maximum atomic E-state index is 11.9. The van der Waals surface area contributed by atoms with Crippen molar-refractivity contribution in [2.45, 2.75) is 26.2 Å². The molecule has 1 aromatic carbocycles. The van der Waals surface area contributed by atoms with E-state index < -0.39 is 5.97 Å². The first-order valence-electron chi connectivity index (χ1n) is 6.55. The summed E-state index contributed by atoms with van der Waals surface area (Å²) in [6.07, 6.45) is 1.57. The molecule has 0 saturated carbocycles. The Kier molecular flexibility index (Phi) is 3.66. The minimum atomic E-state index is -0.445. The van der Waals surface area contributed by atoms with Crippen molar-refractivity contribution in [2.75, 3.05) is 18.6 Å². The van der Waals surface area contributed by atoms with Crippen LogP contribution in [0.15, 0.2) is 36.0 Å². The number of hydrogen-bond donors (Lipinski definition) is 0. The Morgan fingerprint density at radius 2 is 1.95 bits per heavy atom. The van der Waals surface area contributed by atoms with Crippen molar-refractivity contribution in [3.05, 3.63) is 41.6 Å². The molecule has 0 fully saturated rings. The van der Waals surface area contributed by atoms with E-state index in [-0.39, 0.29) is 17.8 Å². The first-order valence-corrected chi connectivity index (χ1v) is 6.55. The van der Waals surface area contributed by atoms with Crippen LogP contribution in [0.4, 0.5) is 5.69 Å². The topological polar surface area (TPSA) is 46.6 Å². The quantitative estimate of drug-likeness (QED) is 0.627. The van der Waals surface area contributed by atoms with Gasteiger partial charge in [0.2, 0.25) is 0 Å². The van der Waals surface area contributed by atoms with Gasteiger partial charge in [0.15, 0.2) is 12.4 Å². The summed E-state index contributed by atoms with van der Waals surface area (Å²) in [7, 11) is 1.94. The number of ether oxygens (including phenoxy) is 1. The van der Waals surface area contributed by atoms with Gasteiger partial charge in [-0.05, 0) is 11.6 Å². The second-order valence-corrected chi connectivity index (χ2v) is 5.48. The van der Waals surface area contributed by atoms with Crippen LogP contribution in [0, 0.1) is 0 Å². The highest BCUT2D eigenvalue weighted by Crippen LogP contribution is 2.46. The van der Waals surface area contributed by atoms with E-state index in [1.807, 2.05) is 30.1 Å². The fourth-order valence-electron chi connectivity index (χ4n) is 2.63. The van der Waals surface area contributed by atoms with Crippen LogP contribution in [0.3, 0.4) is 0 Å². The summed E-state index contributed by atoms with van der Waals surface area (Å²) in [6, 6.07) is 8.09. The lowest BCUT2D eigenvalue weighted by atomic mass is 9.83. The van der Waals surface area contributed by atoms with Crippen molar-refractivity contribution in [3.63, 3.8) is 0 Å².